The van der Waals surface area contributed by atoms with Crippen molar-refractivity contribution in [2.75, 3.05) is 31.5 Å². The van der Waals surface area contributed by atoms with Gasteiger partial charge >= 0.3 is 6.03 Å². The van der Waals surface area contributed by atoms with Gasteiger partial charge in [0.2, 0.25) is 15.9 Å². The number of piperidine rings is 1. The van der Waals surface area contributed by atoms with Gasteiger partial charge in [-0.2, -0.15) is 4.31 Å². The van der Waals surface area contributed by atoms with Gasteiger partial charge in [-0.25, -0.2) is 13.2 Å². The third-order valence-electron chi connectivity index (χ3n) is 5.68. The van der Waals surface area contributed by atoms with Crippen molar-refractivity contribution in [2.45, 2.75) is 62.8 Å². The zero-order chi connectivity index (χ0) is 21.6. The highest BCUT2D eigenvalue weighted by atomic mass is 32.2. The van der Waals surface area contributed by atoms with Crippen LogP contribution >= 0.6 is 0 Å². The number of amides is 3. The first-order valence-electron chi connectivity index (χ1n) is 10.9. The number of anilines is 1. The number of hydrogen-bond donors (Lipinski definition) is 2. The molecule has 0 aromatic heterocycles. The number of nitrogens with zero attached hydrogens (tertiary/aromatic N) is 2. The summed E-state index contributed by atoms with van der Waals surface area (Å²) >= 11 is 0. The normalized spacial score (nSPS) is 21.0. The SMILES string of the molecule is CCC(=O)NC1CCCN(C(=O)Nc2cccc(S(=O)(=O)N3CCCCCC3)c2)C1. The molecule has 2 saturated heterocycles. The monoisotopic (exact) mass is 436 g/mol. The van der Waals surface area contributed by atoms with Gasteiger partial charge in [0.1, 0.15) is 0 Å². The molecule has 0 spiro atoms. The first-order valence-corrected chi connectivity index (χ1v) is 12.3. The zero-order valence-corrected chi connectivity index (χ0v) is 18.4. The van der Waals surface area contributed by atoms with Crippen molar-refractivity contribution in [3.8, 4) is 0 Å². The van der Waals surface area contributed by atoms with Gasteiger partial charge in [0.25, 0.3) is 0 Å². The van der Waals surface area contributed by atoms with Gasteiger partial charge in [-0.1, -0.05) is 25.8 Å². The van der Waals surface area contributed by atoms with Crippen LogP contribution in [0, 0.1) is 0 Å². The summed E-state index contributed by atoms with van der Waals surface area (Å²) in [5.41, 5.74) is 0.454. The molecule has 8 nitrogen and oxygen atoms in total. The molecule has 2 N–H and O–H groups in total. The highest BCUT2D eigenvalue weighted by Crippen LogP contribution is 2.23. The van der Waals surface area contributed by atoms with E-state index in [0.29, 0.717) is 38.3 Å². The standard InChI is InChI=1S/C21H32N4O4S/c1-2-20(26)22-18-10-8-12-24(16-18)21(27)23-17-9-7-11-19(15-17)30(28,29)25-13-5-3-4-6-14-25/h7,9,11,15,18H,2-6,8,10,12-14,16H2,1H3,(H,22,26)(H,23,27). The lowest BCUT2D eigenvalue weighted by Crippen LogP contribution is -2.50. The Morgan fingerprint density at radius 2 is 1.80 bits per heavy atom. The maximum atomic E-state index is 13.0. The van der Waals surface area contributed by atoms with E-state index >= 15 is 0 Å². The number of urea groups is 1. The molecule has 166 valence electrons. The second-order valence-corrected chi connectivity index (χ2v) is 9.92. The van der Waals surface area contributed by atoms with Gasteiger partial charge in [-0.15, -0.1) is 0 Å². The Kier molecular flexibility index (Phi) is 7.71. The number of likely N-dealkylation sites (tertiary alicyclic amines) is 1. The fourth-order valence-electron chi connectivity index (χ4n) is 3.98. The van der Waals surface area contributed by atoms with Gasteiger partial charge in [0.05, 0.1) is 4.90 Å². The summed E-state index contributed by atoms with van der Waals surface area (Å²) in [4.78, 5) is 26.2. The van der Waals surface area contributed by atoms with Crippen LogP contribution in [0.3, 0.4) is 0 Å². The molecule has 1 aromatic rings. The zero-order valence-electron chi connectivity index (χ0n) is 17.6. The molecule has 0 aliphatic carbocycles. The maximum absolute atomic E-state index is 13.0. The molecule has 3 amide bonds. The maximum Gasteiger partial charge on any atom is 0.321 e. The number of carbonyl (C=O) groups is 2. The number of benzene rings is 1. The molecule has 2 aliphatic rings. The van der Waals surface area contributed by atoms with Crippen LogP contribution in [0.15, 0.2) is 29.2 Å². The fourth-order valence-corrected chi connectivity index (χ4v) is 5.54. The lowest BCUT2D eigenvalue weighted by Gasteiger charge is -2.33. The van der Waals surface area contributed by atoms with E-state index in [-0.39, 0.29) is 22.9 Å². The molecule has 2 heterocycles. The van der Waals surface area contributed by atoms with E-state index in [2.05, 4.69) is 10.6 Å². The largest absolute Gasteiger partial charge is 0.352 e. The summed E-state index contributed by atoms with van der Waals surface area (Å²) in [5, 5.41) is 5.76. The Bertz CT molecular complexity index is 850. The molecule has 0 radical (unpaired) electrons. The number of carbonyl (C=O) groups excluding carboxylic acids is 2. The Morgan fingerprint density at radius 1 is 1.07 bits per heavy atom. The fraction of sp³-hybridized carbons (Fsp3) is 0.619. The van der Waals surface area contributed by atoms with Crippen LogP contribution in [0.4, 0.5) is 10.5 Å². The van der Waals surface area contributed by atoms with Crippen molar-refractivity contribution in [1.82, 2.24) is 14.5 Å². The minimum Gasteiger partial charge on any atom is -0.352 e. The number of nitrogens with one attached hydrogen (secondary N) is 2. The first kappa shape index (κ1) is 22.6. The van der Waals surface area contributed by atoms with Crippen molar-refractivity contribution in [2.24, 2.45) is 0 Å². The Morgan fingerprint density at radius 3 is 2.50 bits per heavy atom. The Labute approximate surface area is 179 Å². The van der Waals surface area contributed by atoms with Crippen molar-refractivity contribution < 1.29 is 18.0 Å². The molecule has 1 atom stereocenters. The minimum absolute atomic E-state index is 0.0197. The molecular formula is C21H32N4O4S. The lowest BCUT2D eigenvalue weighted by molar-refractivity contribution is -0.121. The van der Waals surface area contributed by atoms with E-state index < -0.39 is 10.0 Å². The van der Waals surface area contributed by atoms with E-state index in [1.165, 1.54) is 6.07 Å². The number of rotatable bonds is 5. The second-order valence-electron chi connectivity index (χ2n) is 7.98. The van der Waals surface area contributed by atoms with Crippen LogP contribution in [0.25, 0.3) is 0 Å². The average molecular weight is 437 g/mol. The average Bonchev–Trinajstić information content (AvgIpc) is 3.04. The third kappa shape index (κ3) is 5.72. The van der Waals surface area contributed by atoms with E-state index in [9.17, 15) is 18.0 Å². The first-order chi connectivity index (χ1) is 14.4. The molecule has 30 heavy (non-hydrogen) atoms. The van der Waals surface area contributed by atoms with Crippen LogP contribution in [0.1, 0.15) is 51.9 Å². The molecule has 0 saturated carbocycles. The molecular weight excluding hydrogens is 404 g/mol. The number of hydrogen-bond acceptors (Lipinski definition) is 4. The second kappa shape index (κ2) is 10.3. The minimum atomic E-state index is -3.57. The van der Waals surface area contributed by atoms with Gasteiger partial charge in [-0.05, 0) is 43.9 Å². The molecule has 3 rings (SSSR count). The van der Waals surface area contributed by atoms with Crippen molar-refractivity contribution in [3.63, 3.8) is 0 Å². The molecule has 2 aliphatic heterocycles. The Hall–Kier alpha value is -2.13. The molecule has 0 bridgehead atoms. The van der Waals surface area contributed by atoms with Crippen molar-refractivity contribution >= 4 is 27.6 Å². The van der Waals surface area contributed by atoms with Crippen LogP contribution in [0.2, 0.25) is 0 Å². The van der Waals surface area contributed by atoms with E-state index in [0.717, 1.165) is 38.5 Å². The van der Waals surface area contributed by atoms with Crippen LogP contribution in [-0.2, 0) is 14.8 Å². The summed E-state index contributed by atoms with van der Waals surface area (Å²) in [6.45, 7) is 3.93. The smallest absolute Gasteiger partial charge is 0.321 e. The number of sulfonamides is 1. The van der Waals surface area contributed by atoms with Gasteiger partial charge in [0.15, 0.2) is 0 Å². The molecule has 9 heteroatoms. The van der Waals surface area contributed by atoms with Crippen LogP contribution < -0.4 is 10.6 Å². The van der Waals surface area contributed by atoms with Crippen LogP contribution in [0.5, 0.6) is 0 Å². The lowest BCUT2D eigenvalue weighted by atomic mass is 10.1. The molecule has 1 aromatic carbocycles. The summed E-state index contributed by atoms with van der Waals surface area (Å²) in [6.07, 6.45) is 5.93. The topological polar surface area (TPSA) is 98.8 Å². The van der Waals surface area contributed by atoms with Crippen molar-refractivity contribution in [1.29, 1.82) is 0 Å². The predicted molar refractivity (Wildman–Crippen MR) is 116 cm³/mol. The summed E-state index contributed by atoms with van der Waals surface area (Å²) < 4.78 is 27.6. The van der Waals surface area contributed by atoms with Gasteiger partial charge < -0.3 is 15.5 Å². The quantitative estimate of drug-likeness (QED) is 0.741. The van der Waals surface area contributed by atoms with Gasteiger partial charge in [-0.3, -0.25) is 4.79 Å². The highest BCUT2D eigenvalue weighted by molar-refractivity contribution is 7.89. The predicted octanol–water partition coefficient (Wildman–Crippen LogP) is 2.77. The summed E-state index contributed by atoms with van der Waals surface area (Å²) in [6, 6.07) is 6.12. The third-order valence-corrected chi connectivity index (χ3v) is 7.58. The summed E-state index contributed by atoms with van der Waals surface area (Å²) in [5.74, 6) is -0.0197. The van der Waals surface area contributed by atoms with Crippen LogP contribution in [-0.4, -0.2) is 61.8 Å². The Balaban J connectivity index is 1.65. The molecule has 1 unspecified atom stereocenters. The van der Waals surface area contributed by atoms with Crippen molar-refractivity contribution in [3.05, 3.63) is 24.3 Å². The van der Waals surface area contributed by atoms with E-state index in [1.807, 2.05) is 0 Å². The van der Waals surface area contributed by atoms with E-state index in [1.54, 1.807) is 34.3 Å². The summed E-state index contributed by atoms with van der Waals surface area (Å²) in [7, 11) is -3.57. The highest BCUT2D eigenvalue weighted by Gasteiger charge is 2.27. The molecule has 2 fully saturated rings. The van der Waals surface area contributed by atoms with E-state index in [4.69, 9.17) is 0 Å². The van der Waals surface area contributed by atoms with Gasteiger partial charge in [0, 0.05) is 44.3 Å².